The minimum absolute atomic E-state index is 0.441. The molecule has 1 N–H and O–H groups in total. The second-order valence-corrected chi connectivity index (χ2v) is 5.90. The van der Waals surface area contributed by atoms with Crippen LogP contribution >= 0.6 is 0 Å². The third-order valence-corrected chi connectivity index (χ3v) is 4.18. The van der Waals surface area contributed by atoms with Gasteiger partial charge in [-0.15, -0.1) is 0 Å². The van der Waals surface area contributed by atoms with Crippen LogP contribution in [0.4, 0.5) is 5.69 Å². The van der Waals surface area contributed by atoms with Gasteiger partial charge in [-0.2, -0.15) is 0 Å². The largest absolute Gasteiger partial charge is 0.378 e. The summed E-state index contributed by atoms with van der Waals surface area (Å²) in [4.78, 5) is 2.16. The predicted molar refractivity (Wildman–Crippen MR) is 85.4 cm³/mol. The Morgan fingerprint density at radius 1 is 1.40 bits per heavy atom. The second-order valence-electron chi connectivity index (χ2n) is 5.90. The van der Waals surface area contributed by atoms with E-state index in [0.717, 1.165) is 6.61 Å². The lowest BCUT2D eigenvalue weighted by molar-refractivity contribution is 0.101. The van der Waals surface area contributed by atoms with Crippen LogP contribution in [-0.4, -0.2) is 33.9 Å². The SMILES string of the molecule is CNC(CCCC1CCCO1)c1cccc(N(C)C)c1. The van der Waals surface area contributed by atoms with Crippen molar-refractivity contribution < 1.29 is 4.74 Å². The van der Waals surface area contributed by atoms with E-state index >= 15 is 0 Å². The van der Waals surface area contributed by atoms with Crippen molar-refractivity contribution in [1.82, 2.24) is 5.32 Å². The Morgan fingerprint density at radius 3 is 2.90 bits per heavy atom. The van der Waals surface area contributed by atoms with Crippen LogP contribution in [0.1, 0.15) is 43.7 Å². The van der Waals surface area contributed by atoms with Crippen molar-refractivity contribution in [2.75, 3.05) is 32.6 Å². The van der Waals surface area contributed by atoms with Crippen molar-refractivity contribution in [2.45, 2.75) is 44.2 Å². The van der Waals surface area contributed by atoms with Crippen molar-refractivity contribution in [2.24, 2.45) is 0 Å². The first-order chi connectivity index (χ1) is 9.70. The van der Waals surface area contributed by atoms with E-state index in [1.165, 1.54) is 43.4 Å². The van der Waals surface area contributed by atoms with Gasteiger partial charge in [-0.05, 0) is 56.8 Å². The molecule has 2 atom stereocenters. The molecule has 1 aromatic rings. The highest BCUT2D eigenvalue weighted by Gasteiger charge is 2.16. The van der Waals surface area contributed by atoms with Crippen LogP contribution in [0.15, 0.2) is 24.3 Å². The van der Waals surface area contributed by atoms with Crippen LogP contribution in [0.3, 0.4) is 0 Å². The van der Waals surface area contributed by atoms with Crippen molar-refractivity contribution in [3.8, 4) is 0 Å². The molecule has 1 heterocycles. The minimum Gasteiger partial charge on any atom is -0.378 e. The molecule has 20 heavy (non-hydrogen) atoms. The molecule has 1 fully saturated rings. The van der Waals surface area contributed by atoms with Gasteiger partial charge in [0.2, 0.25) is 0 Å². The Bertz CT molecular complexity index is 400. The van der Waals surface area contributed by atoms with Crippen molar-refractivity contribution in [1.29, 1.82) is 0 Å². The highest BCUT2D eigenvalue weighted by molar-refractivity contribution is 5.47. The fourth-order valence-corrected chi connectivity index (χ4v) is 2.92. The zero-order valence-electron chi connectivity index (χ0n) is 13.1. The van der Waals surface area contributed by atoms with E-state index in [2.05, 4.69) is 55.6 Å². The topological polar surface area (TPSA) is 24.5 Å². The Kier molecular flexibility index (Phi) is 5.86. The molecule has 3 heteroatoms. The lowest BCUT2D eigenvalue weighted by atomic mass is 9.99. The molecule has 0 aromatic heterocycles. The molecule has 1 aromatic carbocycles. The van der Waals surface area contributed by atoms with E-state index in [1.54, 1.807) is 0 Å². The molecule has 0 spiro atoms. The average Bonchev–Trinajstić information content (AvgIpc) is 2.97. The molecule has 0 aliphatic carbocycles. The van der Waals surface area contributed by atoms with Crippen LogP contribution in [-0.2, 0) is 4.74 Å². The molecule has 2 rings (SSSR count). The van der Waals surface area contributed by atoms with Gasteiger partial charge in [0.25, 0.3) is 0 Å². The quantitative estimate of drug-likeness (QED) is 0.826. The van der Waals surface area contributed by atoms with Crippen LogP contribution in [0, 0.1) is 0 Å². The standard InChI is InChI=1S/C17H28N2O/c1-18-17(11-5-9-16-10-6-12-20-16)14-7-4-8-15(13-14)19(2)3/h4,7-8,13,16-18H,5-6,9-12H2,1-3H3. The Hall–Kier alpha value is -1.06. The number of benzene rings is 1. The number of ether oxygens (including phenoxy) is 1. The molecule has 0 saturated carbocycles. The van der Waals surface area contributed by atoms with E-state index in [1.807, 2.05) is 0 Å². The van der Waals surface area contributed by atoms with Gasteiger partial charge in [0, 0.05) is 32.4 Å². The van der Waals surface area contributed by atoms with E-state index in [-0.39, 0.29) is 0 Å². The summed E-state index contributed by atoms with van der Waals surface area (Å²) in [6.45, 7) is 0.963. The Balaban J connectivity index is 1.88. The summed E-state index contributed by atoms with van der Waals surface area (Å²) in [6, 6.07) is 9.25. The third-order valence-electron chi connectivity index (χ3n) is 4.18. The van der Waals surface area contributed by atoms with Crippen LogP contribution in [0.2, 0.25) is 0 Å². The number of rotatable bonds is 7. The monoisotopic (exact) mass is 276 g/mol. The summed E-state index contributed by atoms with van der Waals surface area (Å²) in [7, 11) is 6.23. The Morgan fingerprint density at radius 2 is 2.25 bits per heavy atom. The summed E-state index contributed by atoms with van der Waals surface area (Å²) in [6.07, 6.45) is 6.60. The summed E-state index contributed by atoms with van der Waals surface area (Å²) in [5.74, 6) is 0. The molecule has 2 unspecified atom stereocenters. The van der Waals surface area contributed by atoms with Gasteiger partial charge < -0.3 is 15.0 Å². The number of anilines is 1. The zero-order chi connectivity index (χ0) is 14.4. The highest BCUT2D eigenvalue weighted by Crippen LogP contribution is 2.25. The van der Waals surface area contributed by atoms with Crippen LogP contribution in [0.5, 0.6) is 0 Å². The van der Waals surface area contributed by atoms with Gasteiger partial charge in [0.1, 0.15) is 0 Å². The molecule has 0 radical (unpaired) electrons. The van der Waals surface area contributed by atoms with Gasteiger partial charge in [-0.3, -0.25) is 0 Å². The molecule has 112 valence electrons. The molecule has 1 saturated heterocycles. The molecule has 0 amide bonds. The Labute approximate surface area is 123 Å². The lowest BCUT2D eigenvalue weighted by Crippen LogP contribution is -2.18. The first kappa shape index (κ1) is 15.3. The third kappa shape index (κ3) is 4.22. The maximum atomic E-state index is 5.70. The molecule has 0 bridgehead atoms. The molecule has 3 nitrogen and oxygen atoms in total. The summed E-state index contributed by atoms with van der Waals surface area (Å²) >= 11 is 0. The molecular weight excluding hydrogens is 248 g/mol. The molecule has 1 aliphatic heterocycles. The average molecular weight is 276 g/mol. The smallest absolute Gasteiger partial charge is 0.0576 e. The van der Waals surface area contributed by atoms with E-state index < -0.39 is 0 Å². The normalized spacial score (nSPS) is 20.1. The lowest BCUT2D eigenvalue weighted by Gasteiger charge is -2.20. The zero-order valence-corrected chi connectivity index (χ0v) is 13.1. The fourth-order valence-electron chi connectivity index (χ4n) is 2.92. The second kappa shape index (κ2) is 7.65. The van der Waals surface area contributed by atoms with Gasteiger partial charge >= 0.3 is 0 Å². The first-order valence-corrected chi connectivity index (χ1v) is 7.77. The first-order valence-electron chi connectivity index (χ1n) is 7.77. The maximum absolute atomic E-state index is 5.70. The minimum atomic E-state index is 0.441. The molecule has 1 aliphatic rings. The van der Waals surface area contributed by atoms with E-state index in [9.17, 15) is 0 Å². The van der Waals surface area contributed by atoms with Crippen molar-refractivity contribution in [3.05, 3.63) is 29.8 Å². The number of nitrogens with one attached hydrogen (secondary N) is 1. The van der Waals surface area contributed by atoms with Crippen molar-refractivity contribution in [3.63, 3.8) is 0 Å². The summed E-state index contributed by atoms with van der Waals surface area (Å²) in [5.41, 5.74) is 2.65. The fraction of sp³-hybridized carbons (Fsp3) is 0.647. The summed E-state index contributed by atoms with van der Waals surface area (Å²) < 4.78 is 5.70. The van der Waals surface area contributed by atoms with Gasteiger partial charge in [0.15, 0.2) is 0 Å². The van der Waals surface area contributed by atoms with E-state index in [4.69, 9.17) is 4.74 Å². The number of hydrogen-bond donors (Lipinski definition) is 1. The maximum Gasteiger partial charge on any atom is 0.0576 e. The number of nitrogens with zero attached hydrogens (tertiary/aromatic N) is 1. The van der Waals surface area contributed by atoms with Gasteiger partial charge in [0.05, 0.1) is 6.10 Å². The van der Waals surface area contributed by atoms with Crippen LogP contribution < -0.4 is 10.2 Å². The van der Waals surface area contributed by atoms with Gasteiger partial charge in [-0.1, -0.05) is 12.1 Å². The van der Waals surface area contributed by atoms with Gasteiger partial charge in [-0.25, -0.2) is 0 Å². The van der Waals surface area contributed by atoms with Crippen LogP contribution in [0.25, 0.3) is 0 Å². The highest BCUT2D eigenvalue weighted by atomic mass is 16.5. The predicted octanol–water partition coefficient (Wildman–Crippen LogP) is 3.36. The summed E-state index contributed by atoms with van der Waals surface area (Å²) in [5, 5.41) is 3.45. The van der Waals surface area contributed by atoms with Crippen molar-refractivity contribution >= 4 is 5.69 Å². The number of hydrogen-bond acceptors (Lipinski definition) is 3. The molecular formula is C17H28N2O. The van der Waals surface area contributed by atoms with E-state index in [0.29, 0.717) is 12.1 Å².